The Labute approximate surface area is 210 Å². The maximum Gasteiger partial charge on any atom is 0.333 e. The molecule has 1 N–H and O–H groups in total. The van der Waals surface area contributed by atoms with Crippen LogP contribution in [0.15, 0.2) is 35.9 Å². The normalized spacial score (nSPS) is 18.5. The lowest BCUT2D eigenvalue weighted by Gasteiger charge is -2.39. The van der Waals surface area contributed by atoms with Gasteiger partial charge in [-0.3, -0.25) is 14.5 Å². The van der Waals surface area contributed by atoms with E-state index >= 15 is 0 Å². The van der Waals surface area contributed by atoms with Gasteiger partial charge >= 0.3 is 5.97 Å². The molecule has 0 saturated carbocycles. The predicted octanol–water partition coefficient (Wildman–Crippen LogP) is 3.74. The molecule has 1 aliphatic rings. The van der Waals surface area contributed by atoms with E-state index in [2.05, 4.69) is 11.4 Å². The number of fused-ring (bicyclic) bond motifs is 1. The fraction of sp³-hybridized carbons (Fsp3) is 0.607. The number of rotatable bonds is 8. The molecule has 0 aromatic heterocycles. The van der Waals surface area contributed by atoms with Crippen LogP contribution < -0.4 is 5.32 Å². The number of hydrogen-bond donors (Lipinski definition) is 1. The van der Waals surface area contributed by atoms with Crippen molar-refractivity contribution in [1.29, 1.82) is 0 Å². The maximum atomic E-state index is 13.8. The zero-order valence-corrected chi connectivity index (χ0v) is 22.8. The number of nitrogens with one attached hydrogen (secondary N) is 1. The van der Waals surface area contributed by atoms with Crippen molar-refractivity contribution in [1.82, 2.24) is 15.1 Å². The molecule has 0 bridgehead atoms. The van der Waals surface area contributed by atoms with Gasteiger partial charge in [0.1, 0.15) is 12.1 Å². The number of benzene rings is 1. The molecule has 0 fully saturated rings. The van der Waals surface area contributed by atoms with Crippen LogP contribution in [0.25, 0.3) is 0 Å². The molecule has 35 heavy (non-hydrogen) atoms. The second-order valence-electron chi connectivity index (χ2n) is 10.9. The van der Waals surface area contributed by atoms with Crippen LogP contribution in [0.1, 0.15) is 65.6 Å². The molecule has 0 radical (unpaired) electrons. The molecule has 194 valence electrons. The average molecular weight is 486 g/mol. The zero-order chi connectivity index (χ0) is 26.5. The van der Waals surface area contributed by atoms with Crippen molar-refractivity contribution in [2.45, 2.75) is 73.0 Å². The first kappa shape index (κ1) is 28.6. The summed E-state index contributed by atoms with van der Waals surface area (Å²) in [6.07, 6.45) is 2.68. The monoisotopic (exact) mass is 485 g/mol. The Morgan fingerprint density at radius 3 is 2.43 bits per heavy atom. The van der Waals surface area contributed by atoms with E-state index in [1.807, 2.05) is 64.8 Å². The van der Waals surface area contributed by atoms with E-state index in [-0.39, 0.29) is 23.8 Å². The average Bonchev–Trinajstić information content (AvgIpc) is 2.78. The van der Waals surface area contributed by atoms with Crippen LogP contribution in [0.5, 0.6) is 0 Å². The molecule has 3 atom stereocenters. The number of amides is 2. The van der Waals surface area contributed by atoms with Gasteiger partial charge in [0, 0.05) is 19.2 Å². The Balaban J connectivity index is 2.33. The van der Waals surface area contributed by atoms with Crippen LogP contribution in [-0.4, -0.2) is 66.9 Å². The second-order valence-corrected chi connectivity index (χ2v) is 10.9. The van der Waals surface area contributed by atoms with Crippen LogP contribution >= 0.6 is 0 Å². The number of carbonyl (C=O) groups is 3. The maximum absolute atomic E-state index is 13.8. The van der Waals surface area contributed by atoms with Gasteiger partial charge in [0.15, 0.2) is 0 Å². The molecular formula is C28H43N3O4. The van der Waals surface area contributed by atoms with Crippen molar-refractivity contribution in [3.8, 4) is 0 Å². The van der Waals surface area contributed by atoms with E-state index in [0.29, 0.717) is 12.2 Å². The number of carbonyl (C=O) groups excluding carboxylic acids is 3. The van der Waals surface area contributed by atoms with E-state index in [9.17, 15) is 14.4 Å². The lowest BCUT2D eigenvalue weighted by atomic mass is 9.84. The highest BCUT2D eigenvalue weighted by Crippen LogP contribution is 2.30. The van der Waals surface area contributed by atoms with Gasteiger partial charge in [-0.2, -0.15) is 0 Å². The van der Waals surface area contributed by atoms with Crippen molar-refractivity contribution in [3.63, 3.8) is 0 Å². The Bertz CT molecular complexity index is 948. The van der Waals surface area contributed by atoms with Gasteiger partial charge in [-0.05, 0) is 49.8 Å². The minimum Gasteiger partial charge on any atom is -0.463 e. The highest BCUT2D eigenvalue weighted by Gasteiger charge is 2.40. The predicted molar refractivity (Wildman–Crippen MR) is 139 cm³/mol. The third-order valence-corrected chi connectivity index (χ3v) is 6.67. The Hall–Kier alpha value is -2.67. The fourth-order valence-corrected chi connectivity index (χ4v) is 4.57. The van der Waals surface area contributed by atoms with Crippen LogP contribution in [0.4, 0.5) is 0 Å². The molecule has 1 aromatic rings. The number of ether oxygens (including phenoxy) is 1. The summed E-state index contributed by atoms with van der Waals surface area (Å²) in [5.74, 6) is -0.704. The highest BCUT2D eigenvalue weighted by atomic mass is 16.5. The molecular weight excluding hydrogens is 442 g/mol. The molecule has 7 heteroatoms. The summed E-state index contributed by atoms with van der Waals surface area (Å²) >= 11 is 0. The third kappa shape index (κ3) is 6.94. The largest absolute Gasteiger partial charge is 0.463 e. The van der Waals surface area contributed by atoms with Gasteiger partial charge < -0.3 is 15.0 Å². The summed E-state index contributed by atoms with van der Waals surface area (Å²) in [7, 11) is 3.67. The quantitative estimate of drug-likeness (QED) is 0.448. The van der Waals surface area contributed by atoms with Gasteiger partial charge in [-0.25, -0.2) is 4.79 Å². The lowest BCUT2D eigenvalue weighted by molar-refractivity contribution is -0.141. The van der Waals surface area contributed by atoms with Crippen molar-refractivity contribution in [2.24, 2.45) is 11.3 Å². The Kier molecular flexibility index (Phi) is 9.67. The summed E-state index contributed by atoms with van der Waals surface area (Å²) in [6, 6.07) is 6.49. The zero-order valence-electron chi connectivity index (χ0n) is 22.8. The molecule has 2 amide bonds. The number of nitrogens with zero attached hydrogens (tertiary/aromatic N) is 2. The minimum absolute atomic E-state index is 0.0565. The van der Waals surface area contributed by atoms with Crippen LogP contribution in [0.2, 0.25) is 0 Å². The Morgan fingerprint density at radius 1 is 1.23 bits per heavy atom. The van der Waals surface area contributed by atoms with E-state index in [1.54, 1.807) is 31.9 Å². The van der Waals surface area contributed by atoms with Crippen molar-refractivity contribution in [3.05, 3.63) is 47.0 Å². The minimum atomic E-state index is -0.736. The lowest BCUT2D eigenvalue weighted by Crippen LogP contribution is -2.58. The van der Waals surface area contributed by atoms with Crippen molar-refractivity contribution >= 4 is 17.8 Å². The summed E-state index contributed by atoms with van der Waals surface area (Å²) in [5, 5.41) is 3.08. The number of esters is 1. The summed E-state index contributed by atoms with van der Waals surface area (Å²) in [4.78, 5) is 43.3. The van der Waals surface area contributed by atoms with Crippen LogP contribution in [0, 0.1) is 11.3 Å². The smallest absolute Gasteiger partial charge is 0.333 e. The molecule has 2 unspecified atom stereocenters. The molecule has 0 spiro atoms. The second kappa shape index (κ2) is 11.8. The van der Waals surface area contributed by atoms with Crippen LogP contribution in [-0.2, 0) is 25.5 Å². The molecule has 0 aliphatic carbocycles. The van der Waals surface area contributed by atoms with E-state index in [1.165, 1.54) is 5.56 Å². The van der Waals surface area contributed by atoms with E-state index in [0.717, 1.165) is 18.5 Å². The molecule has 7 nitrogen and oxygen atoms in total. The molecule has 0 saturated heterocycles. The third-order valence-electron chi connectivity index (χ3n) is 6.67. The topological polar surface area (TPSA) is 79.0 Å². The first-order chi connectivity index (χ1) is 16.3. The van der Waals surface area contributed by atoms with Crippen LogP contribution in [0.3, 0.4) is 0 Å². The van der Waals surface area contributed by atoms with E-state index in [4.69, 9.17) is 4.74 Å². The van der Waals surface area contributed by atoms with Gasteiger partial charge in [-0.1, -0.05) is 65.0 Å². The summed E-state index contributed by atoms with van der Waals surface area (Å²) in [6.45, 7) is 14.4. The first-order valence-corrected chi connectivity index (χ1v) is 12.5. The van der Waals surface area contributed by atoms with Crippen molar-refractivity contribution in [2.75, 3.05) is 27.2 Å². The summed E-state index contributed by atoms with van der Waals surface area (Å²) in [5.41, 5.74) is 2.10. The van der Waals surface area contributed by atoms with Crippen molar-refractivity contribution < 1.29 is 19.1 Å². The molecule has 1 heterocycles. The van der Waals surface area contributed by atoms with Gasteiger partial charge in [-0.15, -0.1) is 0 Å². The highest BCUT2D eigenvalue weighted by molar-refractivity contribution is 5.92. The standard InChI is InChI=1S/C28H43N3O4/c1-10-35-27(34)19(4)17-22(18(2)3)31(9)26(33)24(28(5,6)7)29-25(32)23-21-14-12-11-13-20(21)15-16-30(23)8/h11-14,17-18,22-24H,10,15-16H2,1-9H3,(H,29,32)/b19-17+/t22-,23?,24?/m1/s1. The summed E-state index contributed by atoms with van der Waals surface area (Å²) < 4.78 is 5.11. The number of hydrogen-bond acceptors (Lipinski definition) is 5. The van der Waals surface area contributed by atoms with E-state index < -0.39 is 23.5 Å². The molecule has 2 rings (SSSR count). The van der Waals surface area contributed by atoms with Gasteiger partial charge in [0.25, 0.3) is 0 Å². The molecule has 1 aliphatic heterocycles. The fourth-order valence-electron chi connectivity index (χ4n) is 4.57. The SMILES string of the molecule is CCOC(=O)/C(C)=C/[C@H](C(C)C)N(C)C(=O)C(NC(=O)C1c2ccccc2CCN1C)C(C)(C)C. The first-order valence-electron chi connectivity index (χ1n) is 12.5. The molecule has 1 aromatic carbocycles. The Morgan fingerprint density at radius 2 is 1.86 bits per heavy atom. The number of likely N-dealkylation sites (N-methyl/N-ethyl adjacent to an activating group) is 2. The van der Waals surface area contributed by atoms with Gasteiger partial charge in [0.05, 0.1) is 12.6 Å². The van der Waals surface area contributed by atoms with Gasteiger partial charge in [0.2, 0.25) is 11.8 Å².